The number of fused-ring (bicyclic) bond motifs is 2. The number of amides is 1. The molecule has 1 aliphatic heterocycles. The highest BCUT2D eigenvalue weighted by atomic mass is 16.6. The van der Waals surface area contributed by atoms with Crippen LogP contribution in [0.1, 0.15) is 68.1 Å². The zero-order valence-electron chi connectivity index (χ0n) is 22.0. The molecule has 0 bridgehead atoms. The normalized spacial score (nSPS) is 16.6. The smallest absolute Gasteiger partial charge is 0.307 e. The first kappa shape index (κ1) is 26.0. The molecule has 1 atom stereocenters. The molecular formula is C27H32N4O6. The standard InChI is InChI=1S/C27H32N4O6/c1-7-8-30-21-13-22(35-5)18(10-20(21)16(2)14-27(30,3)4)15-28-29-26(32)24-11-17-9-19(31(33)34)12-23(36-6)25(17)37-24/h9-13,15-16H,7-8,14H2,1-6H3,(H,29,32)/b28-15-. The van der Waals surface area contributed by atoms with Crippen LogP contribution in [0.4, 0.5) is 11.4 Å². The molecule has 1 aromatic heterocycles. The molecule has 2 heterocycles. The van der Waals surface area contributed by atoms with Gasteiger partial charge >= 0.3 is 5.91 Å². The summed E-state index contributed by atoms with van der Waals surface area (Å²) >= 11 is 0. The Morgan fingerprint density at radius 2 is 1.97 bits per heavy atom. The van der Waals surface area contributed by atoms with E-state index in [9.17, 15) is 14.9 Å². The number of nitrogens with zero attached hydrogens (tertiary/aromatic N) is 3. The highest BCUT2D eigenvalue weighted by Crippen LogP contribution is 2.45. The summed E-state index contributed by atoms with van der Waals surface area (Å²) in [5.74, 6) is 0.525. The number of benzene rings is 2. The van der Waals surface area contributed by atoms with Gasteiger partial charge in [0.2, 0.25) is 0 Å². The molecule has 196 valence electrons. The maximum atomic E-state index is 12.7. The quantitative estimate of drug-likeness (QED) is 0.238. The van der Waals surface area contributed by atoms with Crippen molar-refractivity contribution in [3.05, 3.63) is 57.3 Å². The number of ether oxygens (including phenoxy) is 2. The molecular weight excluding hydrogens is 476 g/mol. The summed E-state index contributed by atoms with van der Waals surface area (Å²) < 4.78 is 16.5. The first-order valence-corrected chi connectivity index (χ1v) is 12.2. The maximum absolute atomic E-state index is 12.7. The summed E-state index contributed by atoms with van der Waals surface area (Å²) in [7, 11) is 2.99. The molecule has 10 heteroatoms. The number of nitrogens with one attached hydrogen (secondary N) is 1. The number of nitro groups is 1. The average molecular weight is 509 g/mol. The van der Waals surface area contributed by atoms with Crippen LogP contribution in [0.2, 0.25) is 0 Å². The molecule has 1 unspecified atom stereocenters. The van der Waals surface area contributed by atoms with Gasteiger partial charge in [0, 0.05) is 40.9 Å². The second kappa shape index (κ2) is 10.1. The Morgan fingerprint density at radius 1 is 1.24 bits per heavy atom. The van der Waals surface area contributed by atoms with Crippen molar-refractivity contribution in [2.24, 2.45) is 5.10 Å². The fraction of sp³-hybridized carbons (Fsp3) is 0.407. The fourth-order valence-corrected chi connectivity index (χ4v) is 5.14. The van der Waals surface area contributed by atoms with Crippen LogP contribution < -0.4 is 19.8 Å². The van der Waals surface area contributed by atoms with E-state index < -0.39 is 10.8 Å². The summed E-state index contributed by atoms with van der Waals surface area (Å²) in [5.41, 5.74) is 5.70. The third-order valence-electron chi connectivity index (χ3n) is 6.78. The van der Waals surface area contributed by atoms with Gasteiger partial charge in [0.05, 0.1) is 31.4 Å². The number of carbonyl (C=O) groups is 1. The third kappa shape index (κ3) is 4.96. The molecule has 1 amide bonds. The number of nitro benzene ring substituents is 1. The molecule has 0 fully saturated rings. The van der Waals surface area contributed by atoms with E-state index in [1.54, 1.807) is 13.3 Å². The van der Waals surface area contributed by atoms with Crippen molar-refractivity contribution < 1.29 is 23.6 Å². The Bertz CT molecular complexity index is 1380. The van der Waals surface area contributed by atoms with E-state index in [1.165, 1.54) is 30.9 Å². The first-order chi connectivity index (χ1) is 17.6. The van der Waals surface area contributed by atoms with Crippen LogP contribution in [0.5, 0.6) is 11.5 Å². The lowest BCUT2D eigenvalue weighted by atomic mass is 9.79. The van der Waals surface area contributed by atoms with E-state index in [4.69, 9.17) is 13.9 Å². The van der Waals surface area contributed by atoms with Gasteiger partial charge in [0.15, 0.2) is 17.1 Å². The van der Waals surface area contributed by atoms with Crippen molar-refractivity contribution in [2.45, 2.75) is 52.0 Å². The van der Waals surface area contributed by atoms with Crippen molar-refractivity contribution in [2.75, 3.05) is 25.7 Å². The number of rotatable bonds is 8. The Labute approximate surface area is 215 Å². The van der Waals surface area contributed by atoms with Crippen LogP contribution in [-0.4, -0.2) is 43.3 Å². The average Bonchev–Trinajstić information content (AvgIpc) is 3.30. The lowest BCUT2D eigenvalue weighted by molar-refractivity contribution is -0.384. The third-order valence-corrected chi connectivity index (χ3v) is 6.78. The number of hydrogen-bond acceptors (Lipinski definition) is 8. The SMILES string of the molecule is CCCN1c2cc(OC)c(/C=N\NC(=O)c3cc4cc([N+](=O)[O-])cc(OC)c4o3)cc2C(C)CC1(C)C. The van der Waals surface area contributed by atoms with Gasteiger partial charge in [-0.05, 0) is 50.3 Å². The van der Waals surface area contributed by atoms with E-state index in [0.717, 1.165) is 30.6 Å². The van der Waals surface area contributed by atoms with E-state index in [0.29, 0.717) is 17.1 Å². The van der Waals surface area contributed by atoms with Crippen LogP contribution in [0.25, 0.3) is 11.0 Å². The molecule has 10 nitrogen and oxygen atoms in total. The minimum absolute atomic E-state index is 0.0344. The highest BCUT2D eigenvalue weighted by Gasteiger charge is 2.36. The number of hydrazone groups is 1. The molecule has 0 spiro atoms. The molecule has 0 saturated carbocycles. The monoisotopic (exact) mass is 508 g/mol. The van der Waals surface area contributed by atoms with Crippen molar-refractivity contribution >= 4 is 34.5 Å². The second-order valence-electron chi connectivity index (χ2n) is 9.86. The van der Waals surface area contributed by atoms with Gasteiger partial charge in [-0.25, -0.2) is 5.43 Å². The van der Waals surface area contributed by atoms with Gasteiger partial charge in [0.1, 0.15) is 5.75 Å². The van der Waals surface area contributed by atoms with Crippen LogP contribution >= 0.6 is 0 Å². The Morgan fingerprint density at radius 3 is 2.62 bits per heavy atom. The molecule has 2 aromatic carbocycles. The fourth-order valence-electron chi connectivity index (χ4n) is 5.14. The number of methoxy groups -OCH3 is 2. The van der Waals surface area contributed by atoms with Crippen molar-refractivity contribution in [3.8, 4) is 11.5 Å². The van der Waals surface area contributed by atoms with Gasteiger partial charge in [-0.2, -0.15) is 5.10 Å². The zero-order chi connectivity index (χ0) is 26.9. The number of carbonyl (C=O) groups excluding carboxylic acids is 1. The zero-order valence-corrected chi connectivity index (χ0v) is 22.0. The van der Waals surface area contributed by atoms with Gasteiger partial charge in [-0.15, -0.1) is 0 Å². The first-order valence-electron chi connectivity index (χ1n) is 12.2. The van der Waals surface area contributed by atoms with E-state index >= 15 is 0 Å². The van der Waals surface area contributed by atoms with Crippen molar-refractivity contribution in [3.63, 3.8) is 0 Å². The van der Waals surface area contributed by atoms with Crippen LogP contribution in [0.3, 0.4) is 0 Å². The van der Waals surface area contributed by atoms with E-state index in [1.807, 2.05) is 6.07 Å². The Kier molecular flexibility index (Phi) is 7.11. The summed E-state index contributed by atoms with van der Waals surface area (Å²) in [6.07, 6.45) is 3.60. The molecule has 0 radical (unpaired) electrons. The molecule has 3 aromatic rings. The van der Waals surface area contributed by atoms with E-state index in [2.05, 4.69) is 49.2 Å². The van der Waals surface area contributed by atoms with Gasteiger partial charge in [-0.1, -0.05) is 13.8 Å². The number of non-ortho nitro benzene ring substituents is 1. The topological polar surface area (TPSA) is 119 Å². The molecule has 0 saturated heterocycles. The Hall–Kier alpha value is -4.08. The van der Waals surface area contributed by atoms with Gasteiger partial charge in [-0.3, -0.25) is 14.9 Å². The minimum Gasteiger partial charge on any atom is -0.496 e. The van der Waals surface area contributed by atoms with Crippen LogP contribution in [0, 0.1) is 10.1 Å². The number of furan rings is 1. The number of hydrogen-bond donors (Lipinski definition) is 1. The molecule has 4 rings (SSSR count). The molecule has 0 aliphatic carbocycles. The second-order valence-corrected chi connectivity index (χ2v) is 9.86. The van der Waals surface area contributed by atoms with Crippen molar-refractivity contribution in [1.29, 1.82) is 0 Å². The highest BCUT2D eigenvalue weighted by molar-refractivity contribution is 5.98. The largest absolute Gasteiger partial charge is 0.496 e. The number of anilines is 1. The summed E-state index contributed by atoms with van der Waals surface area (Å²) in [6.45, 7) is 9.88. The summed E-state index contributed by atoms with van der Waals surface area (Å²) in [6, 6.07) is 8.10. The van der Waals surface area contributed by atoms with Gasteiger partial charge < -0.3 is 18.8 Å². The Balaban J connectivity index is 1.60. The lowest BCUT2D eigenvalue weighted by Gasteiger charge is -2.47. The predicted molar refractivity (Wildman–Crippen MR) is 142 cm³/mol. The molecule has 1 N–H and O–H groups in total. The summed E-state index contributed by atoms with van der Waals surface area (Å²) in [4.78, 5) is 25.8. The molecule has 37 heavy (non-hydrogen) atoms. The predicted octanol–water partition coefficient (Wildman–Crippen LogP) is 5.62. The minimum atomic E-state index is -0.599. The summed E-state index contributed by atoms with van der Waals surface area (Å²) in [5, 5.41) is 15.7. The van der Waals surface area contributed by atoms with Crippen LogP contribution in [-0.2, 0) is 0 Å². The van der Waals surface area contributed by atoms with Crippen LogP contribution in [0.15, 0.2) is 39.9 Å². The van der Waals surface area contributed by atoms with E-state index in [-0.39, 0.29) is 28.3 Å². The molecule has 1 aliphatic rings. The lowest BCUT2D eigenvalue weighted by Crippen LogP contribution is -2.48. The van der Waals surface area contributed by atoms with Gasteiger partial charge in [0.25, 0.3) is 5.69 Å². The maximum Gasteiger partial charge on any atom is 0.307 e. The van der Waals surface area contributed by atoms with Crippen molar-refractivity contribution in [1.82, 2.24) is 5.43 Å².